The van der Waals surface area contributed by atoms with Gasteiger partial charge in [0.2, 0.25) is 0 Å². The summed E-state index contributed by atoms with van der Waals surface area (Å²) in [6, 6.07) is 10.6. The Morgan fingerprint density at radius 1 is 1.31 bits per heavy atom. The van der Waals surface area contributed by atoms with Crippen LogP contribution in [0.25, 0.3) is 0 Å². The van der Waals surface area contributed by atoms with E-state index < -0.39 is 0 Å². The molecule has 0 radical (unpaired) electrons. The van der Waals surface area contributed by atoms with Crippen LogP contribution in [0.15, 0.2) is 43.0 Å². The molecule has 0 N–H and O–H groups in total. The molecule has 0 heterocycles. The molecular weight excluding hydrogens is 156 g/mol. The van der Waals surface area contributed by atoms with Crippen molar-refractivity contribution in [3.63, 3.8) is 0 Å². The maximum absolute atomic E-state index is 3.77. The molecule has 1 aromatic carbocycles. The summed E-state index contributed by atoms with van der Waals surface area (Å²) < 4.78 is 0. The van der Waals surface area contributed by atoms with E-state index in [-0.39, 0.29) is 7.43 Å². The molecule has 0 fully saturated rings. The Kier molecular flexibility index (Phi) is 5.96. The smallest absolute Gasteiger partial charge is 0.0130 e. The van der Waals surface area contributed by atoms with Crippen LogP contribution in [0.5, 0.6) is 0 Å². The maximum atomic E-state index is 3.77. The lowest BCUT2D eigenvalue weighted by Gasteiger charge is -2.11. The van der Waals surface area contributed by atoms with Gasteiger partial charge in [0.05, 0.1) is 0 Å². The van der Waals surface area contributed by atoms with Crippen molar-refractivity contribution in [3.8, 4) is 0 Å². The van der Waals surface area contributed by atoms with Crippen molar-refractivity contribution in [1.82, 2.24) is 0 Å². The van der Waals surface area contributed by atoms with Crippen molar-refractivity contribution in [2.75, 3.05) is 0 Å². The van der Waals surface area contributed by atoms with E-state index in [0.717, 1.165) is 6.42 Å². The predicted octanol–water partition coefficient (Wildman–Crippen LogP) is 4.39. The van der Waals surface area contributed by atoms with Crippen LogP contribution >= 0.6 is 0 Å². The molecule has 0 saturated heterocycles. The zero-order chi connectivity index (χ0) is 8.81. The fraction of sp³-hybridized carbons (Fsp3) is 0.385. The minimum Gasteiger partial charge on any atom is -0.103 e. The molecule has 0 aliphatic heterocycles. The van der Waals surface area contributed by atoms with Crippen molar-refractivity contribution in [2.45, 2.75) is 33.1 Å². The molecule has 1 unspecified atom stereocenters. The highest BCUT2D eigenvalue weighted by molar-refractivity contribution is 5.19. The van der Waals surface area contributed by atoms with Crippen LogP contribution in [0.3, 0.4) is 0 Å². The van der Waals surface area contributed by atoms with Crippen molar-refractivity contribution < 1.29 is 0 Å². The van der Waals surface area contributed by atoms with Crippen LogP contribution < -0.4 is 0 Å². The number of hydrogen-bond donors (Lipinski definition) is 0. The average molecular weight is 176 g/mol. The van der Waals surface area contributed by atoms with Gasteiger partial charge in [0.1, 0.15) is 0 Å². The molecular formula is C13H20. The highest BCUT2D eigenvalue weighted by atomic mass is 14.1. The van der Waals surface area contributed by atoms with Gasteiger partial charge in [-0.2, -0.15) is 0 Å². The molecule has 0 nitrogen and oxygen atoms in total. The lowest BCUT2D eigenvalue weighted by molar-refractivity contribution is 0.675. The number of rotatable bonds is 4. The van der Waals surface area contributed by atoms with E-state index in [0.29, 0.717) is 5.92 Å². The quantitative estimate of drug-likeness (QED) is 0.597. The van der Waals surface area contributed by atoms with Gasteiger partial charge in [0, 0.05) is 0 Å². The van der Waals surface area contributed by atoms with Gasteiger partial charge >= 0.3 is 0 Å². The molecule has 0 spiro atoms. The van der Waals surface area contributed by atoms with Gasteiger partial charge in [-0.25, -0.2) is 0 Å². The first-order valence-corrected chi connectivity index (χ1v) is 4.54. The molecule has 0 heteroatoms. The standard InChI is InChI=1S/C12H16.CH4/c1-3-8-11(4-2)12-9-6-5-7-10-12;/h3,5-7,9-11H,1,4,8H2,2H3;1H4. The summed E-state index contributed by atoms with van der Waals surface area (Å²) in [5, 5.41) is 0. The van der Waals surface area contributed by atoms with Crippen LogP contribution in [0.2, 0.25) is 0 Å². The van der Waals surface area contributed by atoms with Gasteiger partial charge in [-0.1, -0.05) is 50.8 Å². The molecule has 72 valence electrons. The van der Waals surface area contributed by atoms with Crippen LogP contribution in [-0.2, 0) is 0 Å². The summed E-state index contributed by atoms with van der Waals surface area (Å²) in [6.45, 7) is 6.00. The Balaban J connectivity index is 0.00000144. The average Bonchev–Trinajstić information content (AvgIpc) is 2.15. The third-order valence-electron chi connectivity index (χ3n) is 2.21. The highest BCUT2D eigenvalue weighted by Gasteiger charge is 2.05. The lowest BCUT2D eigenvalue weighted by atomic mass is 9.93. The summed E-state index contributed by atoms with van der Waals surface area (Å²) in [6.07, 6.45) is 4.28. The second-order valence-corrected chi connectivity index (χ2v) is 3.04. The summed E-state index contributed by atoms with van der Waals surface area (Å²) in [7, 11) is 0. The Morgan fingerprint density at radius 3 is 2.38 bits per heavy atom. The van der Waals surface area contributed by atoms with Crippen molar-refractivity contribution in [3.05, 3.63) is 48.6 Å². The second-order valence-electron chi connectivity index (χ2n) is 3.04. The summed E-state index contributed by atoms with van der Waals surface area (Å²) in [5.74, 6) is 0.656. The number of allylic oxidation sites excluding steroid dienone is 1. The molecule has 0 bridgehead atoms. The zero-order valence-corrected chi connectivity index (χ0v) is 7.66. The fourth-order valence-corrected chi connectivity index (χ4v) is 1.46. The minimum atomic E-state index is 0. The van der Waals surface area contributed by atoms with Gasteiger partial charge in [-0.15, -0.1) is 6.58 Å². The number of hydrogen-bond acceptors (Lipinski definition) is 0. The molecule has 1 atom stereocenters. The van der Waals surface area contributed by atoms with Crippen molar-refractivity contribution >= 4 is 0 Å². The Morgan fingerprint density at radius 2 is 1.92 bits per heavy atom. The van der Waals surface area contributed by atoms with Gasteiger partial charge in [-0.3, -0.25) is 0 Å². The predicted molar refractivity (Wildman–Crippen MR) is 61.0 cm³/mol. The molecule has 1 aromatic rings. The van der Waals surface area contributed by atoms with Gasteiger partial charge < -0.3 is 0 Å². The van der Waals surface area contributed by atoms with E-state index in [1.54, 1.807) is 0 Å². The van der Waals surface area contributed by atoms with Crippen molar-refractivity contribution in [2.24, 2.45) is 0 Å². The SMILES string of the molecule is C.C=CCC(CC)c1ccccc1. The monoisotopic (exact) mass is 176 g/mol. The second kappa shape index (κ2) is 6.47. The molecule has 1 rings (SSSR count). The van der Waals surface area contributed by atoms with E-state index in [9.17, 15) is 0 Å². The fourth-order valence-electron chi connectivity index (χ4n) is 1.46. The lowest BCUT2D eigenvalue weighted by Crippen LogP contribution is -1.94. The van der Waals surface area contributed by atoms with E-state index in [1.165, 1.54) is 12.0 Å². The Hall–Kier alpha value is -1.04. The van der Waals surface area contributed by atoms with Crippen LogP contribution in [0.1, 0.15) is 38.7 Å². The van der Waals surface area contributed by atoms with Gasteiger partial charge in [0.15, 0.2) is 0 Å². The van der Waals surface area contributed by atoms with Crippen LogP contribution in [0, 0.1) is 0 Å². The molecule has 0 aliphatic rings. The molecule has 0 aromatic heterocycles. The molecule has 0 amide bonds. The third kappa shape index (κ3) is 3.45. The largest absolute Gasteiger partial charge is 0.103 e. The third-order valence-corrected chi connectivity index (χ3v) is 2.21. The molecule has 0 saturated carbocycles. The van der Waals surface area contributed by atoms with E-state index in [4.69, 9.17) is 0 Å². The van der Waals surface area contributed by atoms with Gasteiger partial charge in [0.25, 0.3) is 0 Å². The van der Waals surface area contributed by atoms with E-state index in [1.807, 2.05) is 6.08 Å². The minimum absolute atomic E-state index is 0. The first-order chi connectivity index (χ1) is 5.88. The summed E-state index contributed by atoms with van der Waals surface area (Å²) in [5.41, 5.74) is 1.43. The van der Waals surface area contributed by atoms with Crippen LogP contribution in [0.4, 0.5) is 0 Å². The summed E-state index contributed by atoms with van der Waals surface area (Å²) in [4.78, 5) is 0. The highest BCUT2D eigenvalue weighted by Crippen LogP contribution is 2.22. The van der Waals surface area contributed by atoms with E-state index >= 15 is 0 Å². The first-order valence-electron chi connectivity index (χ1n) is 4.54. The number of benzene rings is 1. The van der Waals surface area contributed by atoms with Gasteiger partial charge in [-0.05, 0) is 24.3 Å². The van der Waals surface area contributed by atoms with Crippen LogP contribution in [-0.4, -0.2) is 0 Å². The molecule has 13 heavy (non-hydrogen) atoms. The van der Waals surface area contributed by atoms with E-state index in [2.05, 4.69) is 43.8 Å². The Bertz CT molecular complexity index is 223. The zero-order valence-electron chi connectivity index (χ0n) is 7.66. The first kappa shape index (κ1) is 12.0. The summed E-state index contributed by atoms with van der Waals surface area (Å²) >= 11 is 0. The van der Waals surface area contributed by atoms with Crippen molar-refractivity contribution in [1.29, 1.82) is 0 Å². The Labute approximate surface area is 82.3 Å². The molecule has 0 aliphatic carbocycles. The maximum Gasteiger partial charge on any atom is -0.0130 e. The topological polar surface area (TPSA) is 0 Å². The normalized spacial score (nSPS) is 11.5.